The first-order valence-electron chi connectivity index (χ1n) is 9.12. The Morgan fingerprint density at radius 2 is 1.90 bits per heavy atom. The number of pyridine rings is 2. The number of benzene rings is 1. The number of rotatable bonds is 5. The van der Waals surface area contributed by atoms with E-state index in [-0.39, 0.29) is 5.91 Å². The maximum atomic E-state index is 12.5. The van der Waals surface area contributed by atoms with Crippen LogP contribution in [-0.2, 0) is 0 Å². The highest BCUT2D eigenvalue weighted by Gasteiger charge is 2.10. The molecule has 3 heterocycles. The van der Waals surface area contributed by atoms with Crippen LogP contribution in [0.3, 0.4) is 0 Å². The molecule has 1 amide bonds. The van der Waals surface area contributed by atoms with Crippen molar-refractivity contribution in [3.8, 4) is 11.3 Å². The van der Waals surface area contributed by atoms with Crippen molar-refractivity contribution in [1.29, 1.82) is 0 Å². The molecule has 2 N–H and O–H groups in total. The number of aromatic nitrogens is 4. The summed E-state index contributed by atoms with van der Waals surface area (Å²) in [6.45, 7) is 1.86. The van der Waals surface area contributed by atoms with Gasteiger partial charge in [-0.05, 0) is 49.4 Å². The molecule has 0 unspecified atom stereocenters. The van der Waals surface area contributed by atoms with Crippen LogP contribution in [0.2, 0.25) is 5.02 Å². The predicted octanol–water partition coefficient (Wildman–Crippen LogP) is 4.89. The van der Waals surface area contributed by atoms with Crippen LogP contribution in [0.5, 0.6) is 0 Å². The van der Waals surface area contributed by atoms with Crippen LogP contribution in [0.15, 0.2) is 73.3 Å². The molecule has 0 radical (unpaired) electrons. The van der Waals surface area contributed by atoms with E-state index in [0.717, 1.165) is 17.0 Å². The molecule has 4 aromatic rings. The zero-order valence-electron chi connectivity index (χ0n) is 16.0. The predicted molar refractivity (Wildman–Crippen MR) is 117 cm³/mol. The summed E-state index contributed by atoms with van der Waals surface area (Å²) < 4.78 is 0. The number of anilines is 3. The standard InChI is InChI=1S/C22H17ClN6O/c1-14-20(29-22-25-9-7-19(28-22)16-5-3-8-24-12-16)11-18(13-26-14)27-21(30)15-4-2-6-17(23)10-15/h2-13H,1H3,(H,27,30)(H,25,28,29). The van der Waals surface area contributed by atoms with Gasteiger partial charge in [-0.2, -0.15) is 0 Å². The summed E-state index contributed by atoms with van der Waals surface area (Å²) in [5.41, 5.74) is 4.06. The first-order chi connectivity index (χ1) is 14.6. The lowest BCUT2D eigenvalue weighted by Gasteiger charge is -2.11. The lowest BCUT2D eigenvalue weighted by molar-refractivity contribution is 0.102. The normalized spacial score (nSPS) is 10.5. The summed E-state index contributed by atoms with van der Waals surface area (Å²) in [7, 11) is 0. The minimum atomic E-state index is -0.274. The van der Waals surface area contributed by atoms with Crippen molar-refractivity contribution in [3.63, 3.8) is 0 Å². The van der Waals surface area contributed by atoms with Gasteiger partial charge in [0.25, 0.3) is 5.91 Å². The second kappa shape index (κ2) is 8.67. The van der Waals surface area contributed by atoms with Gasteiger partial charge in [-0.15, -0.1) is 0 Å². The van der Waals surface area contributed by atoms with Crippen molar-refractivity contribution in [2.75, 3.05) is 10.6 Å². The smallest absolute Gasteiger partial charge is 0.255 e. The Hall–Kier alpha value is -3.84. The number of hydrogen-bond donors (Lipinski definition) is 2. The van der Waals surface area contributed by atoms with Crippen molar-refractivity contribution in [2.45, 2.75) is 6.92 Å². The Morgan fingerprint density at radius 3 is 2.70 bits per heavy atom. The van der Waals surface area contributed by atoms with E-state index < -0.39 is 0 Å². The lowest BCUT2D eigenvalue weighted by Crippen LogP contribution is -2.12. The molecule has 0 fully saturated rings. The van der Waals surface area contributed by atoms with Gasteiger partial charge in [-0.1, -0.05) is 17.7 Å². The molecule has 7 nitrogen and oxygen atoms in total. The van der Waals surface area contributed by atoms with Crippen LogP contribution < -0.4 is 10.6 Å². The number of carbonyl (C=O) groups excluding carboxylic acids is 1. The van der Waals surface area contributed by atoms with Gasteiger partial charge in [0.15, 0.2) is 0 Å². The van der Waals surface area contributed by atoms with E-state index in [2.05, 4.69) is 30.6 Å². The molecule has 0 saturated carbocycles. The van der Waals surface area contributed by atoms with E-state index in [9.17, 15) is 4.79 Å². The molecule has 0 atom stereocenters. The topological polar surface area (TPSA) is 92.7 Å². The fourth-order valence-electron chi connectivity index (χ4n) is 2.78. The lowest BCUT2D eigenvalue weighted by atomic mass is 10.2. The molecule has 30 heavy (non-hydrogen) atoms. The highest BCUT2D eigenvalue weighted by atomic mass is 35.5. The van der Waals surface area contributed by atoms with Crippen LogP contribution >= 0.6 is 11.6 Å². The van der Waals surface area contributed by atoms with Crippen LogP contribution in [0.1, 0.15) is 16.1 Å². The molecule has 1 aromatic carbocycles. The molecule has 148 valence electrons. The highest BCUT2D eigenvalue weighted by molar-refractivity contribution is 6.31. The van der Waals surface area contributed by atoms with Gasteiger partial charge in [0.05, 0.1) is 29.0 Å². The molecule has 0 aliphatic rings. The van der Waals surface area contributed by atoms with Crippen molar-refractivity contribution in [3.05, 3.63) is 89.6 Å². The molecule has 3 aromatic heterocycles. The van der Waals surface area contributed by atoms with Crippen molar-refractivity contribution in [1.82, 2.24) is 19.9 Å². The minimum absolute atomic E-state index is 0.274. The summed E-state index contributed by atoms with van der Waals surface area (Å²) in [5.74, 6) is 0.142. The largest absolute Gasteiger partial charge is 0.322 e. The third kappa shape index (κ3) is 4.59. The van der Waals surface area contributed by atoms with Gasteiger partial charge in [0.1, 0.15) is 0 Å². The minimum Gasteiger partial charge on any atom is -0.322 e. The van der Waals surface area contributed by atoms with Gasteiger partial charge >= 0.3 is 0 Å². The van der Waals surface area contributed by atoms with Crippen LogP contribution in [-0.4, -0.2) is 25.8 Å². The van der Waals surface area contributed by atoms with Crippen LogP contribution in [0.25, 0.3) is 11.3 Å². The molecule has 0 spiro atoms. The average Bonchev–Trinajstić information content (AvgIpc) is 2.77. The first kappa shape index (κ1) is 19.5. The average molecular weight is 417 g/mol. The monoisotopic (exact) mass is 416 g/mol. The molecule has 0 bridgehead atoms. The summed E-state index contributed by atoms with van der Waals surface area (Å²) in [6, 6.07) is 14.1. The molecular formula is C22H17ClN6O. The molecule has 8 heteroatoms. The van der Waals surface area contributed by atoms with E-state index >= 15 is 0 Å². The second-order valence-electron chi connectivity index (χ2n) is 6.45. The van der Waals surface area contributed by atoms with Gasteiger partial charge in [0.2, 0.25) is 5.95 Å². The van der Waals surface area contributed by atoms with Crippen molar-refractivity contribution >= 4 is 34.8 Å². The maximum absolute atomic E-state index is 12.5. The Morgan fingerprint density at radius 1 is 1.00 bits per heavy atom. The summed E-state index contributed by atoms with van der Waals surface area (Å²) in [5, 5.41) is 6.49. The quantitative estimate of drug-likeness (QED) is 0.481. The number of carbonyl (C=O) groups is 1. The van der Waals surface area contributed by atoms with E-state index in [0.29, 0.717) is 27.9 Å². The number of halogens is 1. The SMILES string of the molecule is Cc1ncc(NC(=O)c2cccc(Cl)c2)cc1Nc1nccc(-c2cccnc2)n1. The van der Waals surface area contributed by atoms with E-state index in [1.54, 1.807) is 55.1 Å². The zero-order chi connectivity index (χ0) is 20.9. The van der Waals surface area contributed by atoms with E-state index in [1.165, 1.54) is 0 Å². The maximum Gasteiger partial charge on any atom is 0.255 e. The first-order valence-corrected chi connectivity index (χ1v) is 9.50. The molecule has 0 aliphatic carbocycles. The number of nitrogens with zero attached hydrogens (tertiary/aromatic N) is 4. The summed E-state index contributed by atoms with van der Waals surface area (Å²) >= 11 is 5.97. The third-order valence-electron chi connectivity index (χ3n) is 4.29. The van der Waals surface area contributed by atoms with Crippen LogP contribution in [0, 0.1) is 6.92 Å². The van der Waals surface area contributed by atoms with Gasteiger partial charge < -0.3 is 10.6 Å². The molecular weight excluding hydrogens is 400 g/mol. The van der Waals surface area contributed by atoms with Gasteiger partial charge in [0, 0.05) is 34.7 Å². The van der Waals surface area contributed by atoms with Crippen molar-refractivity contribution < 1.29 is 4.79 Å². The highest BCUT2D eigenvalue weighted by Crippen LogP contribution is 2.23. The Labute approximate surface area is 178 Å². The summed E-state index contributed by atoms with van der Waals surface area (Å²) in [4.78, 5) is 29.8. The van der Waals surface area contributed by atoms with Crippen molar-refractivity contribution in [2.24, 2.45) is 0 Å². The molecule has 0 aliphatic heterocycles. The zero-order valence-corrected chi connectivity index (χ0v) is 16.8. The fraction of sp³-hybridized carbons (Fsp3) is 0.0455. The Balaban J connectivity index is 1.55. The fourth-order valence-corrected chi connectivity index (χ4v) is 2.97. The van der Waals surface area contributed by atoms with Gasteiger partial charge in [-0.25, -0.2) is 9.97 Å². The molecule has 0 saturated heterocycles. The molecule has 4 rings (SSSR count). The Bertz CT molecular complexity index is 1200. The van der Waals surface area contributed by atoms with E-state index in [1.807, 2.05) is 25.1 Å². The van der Waals surface area contributed by atoms with E-state index in [4.69, 9.17) is 11.6 Å². The number of nitrogens with one attached hydrogen (secondary N) is 2. The van der Waals surface area contributed by atoms with Crippen LogP contribution in [0.4, 0.5) is 17.3 Å². The third-order valence-corrected chi connectivity index (χ3v) is 4.53. The second-order valence-corrected chi connectivity index (χ2v) is 6.89. The number of hydrogen-bond acceptors (Lipinski definition) is 6. The summed E-state index contributed by atoms with van der Waals surface area (Å²) in [6.07, 6.45) is 6.72. The van der Waals surface area contributed by atoms with Gasteiger partial charge in [-0.3, -0.25) is 14.8 Å². The number of aryl methyl sites for hydroxylation is 1. The number of amides is 1. The Kier molecular flexibility index (Phi) is 5.63.